The third-order valence-electron chi connectivity index (χ3n) is 4.83. The van der Waals surface area contributed by atoms with Gasteiger partial charge in [0.15, 0.2) is 0 Å². The summed E-state index contributed by atoms with van der Waals surface area (Å²) in [5.74, 6) is 1.70. The second-order valence-corrected chi connectivity index (χ2v) is 6.68. The first kappa shape index (κ1) is 15.1. The summed E-state index contributed by atoms with van der Waals surface area (Å²) in [6, 6.07) is 8.00. The number of aliphatic hydroxyl groups is 1. The smallest absolute Gasteiger partial charge is 0.143 e. The number of hydrogen-bond acceptors (Lipinski definition) is 4. The van der Waals surface area contributed by atoms with Crippen LogP contribution in [0.4, 0.5) is 5.82 Å². The molecule has 1 atom stereocenters. The normalized spacial score (nSPS) is 18.2. The first-order chi connectivity index (χ1) is 11.8. The van der Waals surface area contributed by atoms with Crippen molar-refractivity contribution in [1.82, 2.24) is 15.0 Å². The van der Waals surface area contributed by atoms with Gasteiger partial charge in [-0.2, -0.15) is 0 Å². The molecule has 2 aromatic heterocycles. The summed E-state index contributed by atoms with van der Waals surface area (Å²) < 4.78 is 0. The summed E-state index contributed by atoms with van der Waals surface area (Å²) in [6.45, 7) is 4.42. The number of H-pyrrole nitrogens is 1. The van der Waals surface area contributed by atoms with Crippen molar-refractivity contribution in [3.63, 3.8) is 0 Å². The highest BCUT2D eigenvalue weighted by Crippen LogP contribution is 2.35. The molecule has 0 spiro atoms. The van der Waals surface area contributed by atoms with Crippen LogP contribution in [-0.2, 0) is 6.61 Å². The second kappa shape index (κ2) is 6.24. The Labute approximate surface area is 141 Å². The molecule has 24 heavy (non-hydrogen) atoms. The van der Waals surface area contributed by atoms with E-state index in [-0.39, 0.29) is 6.61 Å². The number of aliphatic hydroxyl groups excluding tert-OH is 1. The molecule has 1 aliphatic heterocycles. The molecule has 4 rings (SSSR count). The molecule has 0 radical (unpaired) electrons. The van der Waals surface area contributed by atoms with Gasteiger partial charge < -0.3 is 15.0 Å². The first-order valence-corrected chi connectivity index (χ1v) is 8.53. The lowest BCUT2D eigenvalue weighted by Crippen LogP contribution is -2.35. The van der Waals surface area contributed by atoms with Crippen LogP contribution in [0.1, 0.15) is 25.3 Å². The SMILES string of the molecule is CC1CCCN(c2ncnc3[nH]cc(-c4cccc(CO)c4)c23)C1. The van der Waals surface area contributed by atoms with E-state index in [1.165, 1.54) is 12.8 Å². The Morgan fingerprint density at radius 1 is 1.33 bits per heavy atom. The molecule has 0 aliphatic carbocycles. The average molecular weight is 322 g/mol. The number of aromatic nitrogens is 3. The minimum atomic E-state index is 0.0448. The van der Waals surface area contributed by atoms with E-state index in [4.69, 9.17) is 0 Å². The number of fused-ring (bicyclic) bond motifs is 1. The molecule has 1 aromatic carbocycles. The van der Waals surface area contributed by atoms with Gasteiger partial charge in [0.1, 0.15) is 17.8 Å². The molecule has 0 saturated carbocycles. The molecule has 3 aromatic rings. The van der Waals surface area contributed by atoms with E-state index in [0.29, 0.717) is 5.92 Å². The maximum atomic E-state index is 9.42. The number of piperidine rings is 1. The number of anilines is 1. The molecule has 0 amide bonds. The highest BCUT2D eigenvalue weighted by molar-refractivity contribution is 6.01. The van der Waals surface area contributed by atoms with Gasteiger partial charge in [0.25, 0.3) is 0 Å². The van der Waals surface area contributed by atoms with Gasteiger partial charge in [-0.25, -0.2) is 9.97 Å². The van der Waals surface area contributed by atoms with Crippen LogP contribution in [0.3, 0.4) is 0 Å². The highest BCUT2D eigenvalue weighted by atomic mass is 16.3. The van der Waals surface area contributed by atoms with Gasteiger partial charge in [0, 0.05) is 24.8 Å². The zero-order valence-electron chi connectivity index (χ0n) is 13.9. The van der Waals surface area contributed by atoms with E-state index in [9.17, 15) is 5.11 Å². The van der Waals surface area contributed by atoms with Crippen molar-refractivity contribution in [2.24, 2.45) is 5.92 Å². The predicted octanol–water partition coefficient (Wildman–Crippen LogP) is 3.35. The molecule has 0 bridgehead atoms. The van der Waals surface area contributed by atoms with Gasteiger partial charge in [-0.3, -0.25) is 0 Å². The van der Waals surface area contributed by atoms with Crippen LogP contribution >= 0.6 is 0 Å². The first-order valence-electron chi connectivity index (χ1n) is 8.53. The molecule has 1 unspecified atom stereocenters. The van der Waals surface area contributed by atoms with E-state index in [1.807, 2.05) is 24.4 Å². The van der Waals surface area contributed by atoms with E-state index in [1.54, 1.807) is 6.33 Å². The largest absolute Gasteiger partial charge is 0.392 e. The van der Waals surface area contributed by atoms with Crippen molar-refractivity contribution in [3.8, 4) is 11.1 Å². The zero-order chi connectivity index (χ0) is 16.5. The fraction of sp³-hybridized carbons (Fsp3) is 0.368. The lowest BCUT2D eigenvalue weighted by Gasteiger charge is -2.32. The lowest BCUT2D eigenvalue weighted by atomic mass is 9.99. The van der Waals surface area contributed by atoms with Gasteiger partial charge in [0.05, 0.1) is 12.0 Å². The van der Waals surface area contributed by atoms with Crippen molar-refractivity contribution >= 4 is 16.9 Å². The summed E-state index contributed by atoms with van der Waals surface area (Å²) in [5.41, 5.74) is 3.94. The van der Waals surface area contributed by atoms with Crippen molar-refractivity contribution in [1.29, 1.82) is 0 Å². The van der Waals surface area contributed by atoms with Crippen molar-refractivity contribution in [3.05, 3.63) is 42.4 Å². The molecular formula is C19H22N4O. The minimum absolute atomic E-state index is 0.0448. The Bertz CT molecular complexity index is 857. The summed E-state index contributed by atoms with van der Waals surface area (Å²) in [6.07, 6.45) is 6.11. The predicted molar refractivity (Wildman–Crippen MR) is 95.9 cm³/mol. The molecule has 3 heterocycles. The molecule has 1 fully saturated rings. The number of nitrogens with zero attached hydrogens (tertiary/aromatic N) is 3. The number of rotatable bonds is 3. The summed E-state index contributed by atoms with van der Waals surface area (Å²) in [5, 5.41) is 10.5. The van der Waals surface area contributed by atoms with E-state index in [0.717, 1.165) is 46.6 Å². The Morgan fingerprint density at radius 2 is 2.25 bits per heavy atom. The van der Waals surface area contributed by atoms with Crippen LogP contribution in [-0.4, -0.2) is 33.1 Å². The number of nitrogens with one attached hydrogen (secondary N) is 1. The van der Waals surface area contributed by atoms with Crippen LogP contribution in [0, 0.1) is 5.92 Å². The monoisotopic (exact) mass is 322 g/mol. The van der Waals surface area contributed by atoms with E-state index < -0.39 is 0 Å². The fourth-order valence-corrected chi connectivity index (χ4v) is 3.63. The summed E-state index contributed by atoms with van der Waals surface area (Å²) >= 11 is 0. The second-order valence-electron chi connectivity index (χ2n) is 6.68. The van der Waals surface area contributed by atoms with E-state index >= 15 is 0 Å². The average Bonchev–Trinajstić information content (AvgIpc) is 3.06. The lowest BCUT2D eigenvalue weighted by molar-refractivity contribution is 0.282. The van der Waals surface area contributed by atoms with Crippen molar-refractivity contribution < 1.29 is 5.11 Å². The molecule has 5 heteroatoms. The van der Waals surface area contributed by atoms with Crippen molar-refractivity contribution in [2.45, 2.75) is 26.4 Å². The summed E-state index contributed by atoms with van der Waals surface area (Å²) in [7, 11) is 0. The fourth-order valence-electron chi connectivity index (χ4n) is 3.63. The van der Waals surface area contributed by atoms with Crippen LogP contribution in [0.2, 0.25) is 0 Å². The number of aromatic amines is 1. The molecule has 1 saturated heterocycles. The molecule has 5 nitrogen and oxygen atoms in total. The third-order valence-corrected chi connectivity index (χ3v) is 4.83. The molecule has 124 valence electrons. The van der Waals surface area contributed by atoms with Crippen LogP contribution in [0.25, 0.3) is 22.2 Å². The maximum absolute atomic E-state index is 9.42. The Balaban J connectivity index is 1.85. The van der Waals surface area contributed by atoms with Gasteiger partial charge in [-0.15, -0.1) is 0 Å². The molecule has 1 aliphatic rings. The number of hydrogen-bond donors (Lipinski definition) is 2. The third kappa shape index (κ3) is 2.65. The highest BCUT2D eigenvalue weighted by Gasteiger charge is 2.22. The van der Waals surface area contributed by atoms with Gasteiger partial charge >= 0.3 is 0 Å². The maximum Gasteiger partial charge on any atom is 0.143 e. The van der Waals surface area contributed by atoms with Gasteiger partial charge in [-0.1, -0.05) is 25.1 Å². The minimum Gasteiger partial charge on any atom is -0.392 e. The van der Waals surface area contributed by atoms with Crippen LogP contribution < -0.4 is 4.90 Å². The topological polar surface area (TPSA) is 65.0 Å². The van der Waals surface area contributed by atoms with Gasteiger partial charge in [-0.05, 0) is 36.0 Å². The van der Waals surface area contributed by atoms with Crippen LogP contribution in [0.15, 0.2) is 36.8 Å². The van der Waals surface area contributed by atoms with Crippen molar-refractivity contribution in [2.75, 3.05) is 18.0 Å². The van der Waals surface area contributed by atoms with Gasteiger partial charge in [0.2, 0.25) is 0 Å². The number of benzene rings is 1. The summed E-state index contributed by atoms with van der Waals surface area (Å²) in [4.78, 5) is 14.7. The Morgan fingerprint density at radius 3 is 3.08 bits per heavy atom. The van der Waals surface area contributed by atoms with Crippen LogP contribution in [0.5, 0.6) is 0 Å². The Kier molecular flexibility index (Phi) is 3.94. The zero-order valence-corrected chi connectivity index (χ0v) is 13.9. The molecular weight excluding hydrogens is 300 g/mol. The molecule has 2 N–H and O–H groups in total. The standard InChI is InChI=1S/C19H22N4O/c1-13-4-3-7-23(10-13)19-17-16(9-20-18(17)21-12-22-19)15-6-2-5-14(8-15)11-24/h2,5-6,8-9,12-13,24H,3-4,7,10-11H2,1H3,(H,20,21,22). The quantitative estimate of drug-likeness (QED) is 0.776. The van der Waals surface area contributed by atoms with E-state index in [2.05, 4.69) is 32.8 Å². The Hall–Kier alpha value is -2.40.